The minimum absolute atomic E-state index is 0.211. The van der Waals surface area contributed by atoms with Crippen molar-refractivity contribution in [1.82, 2.24) is 10.6 Å². The number of carbonyl (C=O) groups excluding carboxylic acids is 1. The molecule has 1 heterocycles. The number of nitrogens with one attached hydrogen (secondary N) is 2. The quantitative estimate of drug-likeness (QED) is 0.660. The highest BCUT2D eigenvalue weighted by Gasteiger charge is 2.42. The van der Waals surface area contributed by atoms with Crippen LogP contribution in [-0.4, -0.2) is 41.9 Å². The Morgan fingerprint density at radius 1 is 1.03 bits per heavy atom. The number of ether oxygens (including phenoxy) is 1. The Kier molecular flexibility index (Phi) is 6.86. The van der Waals surface area contributed by atoms with Crippen LogP contribution in [0.4, 0.5) is 4.79 Å². The normalized spacial score (nSPS) is 15.7. The van der Waals surface area contributed by atoms with Crippen LogP contribution in [0.5, 0.6) is 0 Å². The molecule has 0 aromatic heterocycles. The Hall–Kier alpha value is -3.88. The lowest BCUT2D eigenvalue weighted by atomic mass is 9.88. The van der Waals surface area contributed by atoms with Crippen LogP contribution in [0.1, 0.15) is 24.0 Å². The summed E-state index contributed by atoms with van der Waals surface area (Å²) in [6.45, 7) is 0.531. The first-order valence-electron chi connectivity index (χ1n) is 9.85. The van der Waals surface area contributed by atoms with Crippen molar-refractivity contribution in [3.63, 3.8) is 0 Å². The van der Waals surface area contributed by atoms with Crippen molar-refractivity contribution in [2.75, 3.05) is 13.2 Å². The number of carbonyl (C=O) groups is 2. The summed E-state index contributed by atoms with van der Waals surface area (Å²) in [6, 6.07) is 18.2. The van der Waals surface area contributed by atoms with E-state index in [1.54, 1.807) is 12.1 Å². The first kappa shape index (κ1) is 21.8. The minimum atomic E-state index is -1.29. The van der Waals surface area contributed by atoms with Gasteiger partial charge in [0.1, 0.15) is 11.6 Å². The lowest BCUT2D eigenvalue weighted by molar-refractivity contribution is -0.131. The summed E-state index contributed by atoms with van der Waals surface area (Å²) in [4.78, 5) is 24.0. The fraction of sp³-hybridized carbons (Fsp3) is 0.304. The van der Waals surface area contributed by atoms with E-state index in [4.69, 9.17) is 15.1 Å². The molecule has 31 heavy (non-hydrogen) atoms. The van der Waals surface area contributed by atoms with Gasteiger partial charge in [-0.1, -0.05) is 36.4 Å². The second kappa shape index (κ2) is 9.75. The van der Waals surface area contributed by atoms with E-state index in [1.165, 1.54) is 0 Å². The molecule has 1 aliphatic rings. The van der Waals surface area contributed by atoms with Gasteiger partial charge in [0.05, 0.1) is 17.7 Å². The Morgan fingerprint density at radius 3 is 2.13 bits per heavy atom. The number of rotatable bonds is 6. The maximum atomic E-state index is 12.8. The van der Waals surface area contributed by atoms with E-state index in [-0.39, 0.29) is 32.5 Å². The zero-order valence-electron chi connectivity index (χ0n) is 16.8. The van der Waals surface area contributed by atoms with Crippen molar-refractivity contribution >= 4 is 12.0 Å². The smallest absolute Gasteiger partial charge is 0.405 e. The predicted molar refractivity (Wildman–Crippen MR) is 112 cm³/mol. The van der Waals surface area contributed by atoms with Crippen LogP contribution in [-0.2, 0) is 16.0 Å². The molecule has 0 aliphatic carbocycles. The number of nitriles is 2. The minimum Gasteiger partial charge on any atom is -0.465 e. The summed E-state index contributed by atoms with van der Waals surface area (Å²) in [5.41, 5.74) is 2.09. The highest BCUT2D eigenvalue weighted by Crippen LogP contribution is 2.23. The number of carboxylic acid groups (broad SMARTS) is 1. The number of nitrogens with zero attached hydrogens (tertiary/aromatic N) is 2. The van der Waals surface area contributed by atoms with Gasteiger partial charge in [0.2, 0.25) is 5.91 Å². The first-order valence-corrected chi connectivity index (χ1v) is 9.85. The van der Waals surface area contributed by atoms with Gasteiger partial charge in [-0.3, -0.25) is 4.79 Å². The van der Waals surface area contributed by atoms with Crippen molar-refractivity contribution in [3.05, 3.63) is 59.7 Å². The molecular formula is C23H22N4O4. The summed E-state index contributed by atoms with van der Waals surface area (Å²) >= 11 is 0. The molecule has 1 unspecified atom stereocenters. The standard InChI is InChI=1S/C23H22N4O4/c24-14-17-3-7-19(8-4-17)18-5-1-16(2-6-18)13-20(15-25)26-21(28)23(27-22(29)30)9-11-31-12-10-23/h1-8,20,27H,9-13H2,(H,26,28)(H,29,30). The van der Waals surface area contributed by atoms with Gasteiger partial charge in [0, 0.05) is 32.5 Å². The lowest BCUT2D eigenvalue weighted by Crippen LogP contribution is -2.62. The molecule has 0 saturated carbocycles. The molecule has 8 nitrogen and oxygen atoms in total. The molecule has 158 valence electrons. The van der Waals surface area contributed by atoms with Gasteiger partial charge >= 0.3 is 6.09 Å². The number of amides is 2. The van der Waals surface area contributed by atoms with Crippen LogP contribution < -0.4 is 10.6 Å². The summed E-state index contributed by atoms with van der Waals surface area (Å²) in [5.74, 6) is -0.515. The number of benzene rings is 2. The summed E-state index contributed by atoms with van der Waals surface area (Å²) in [7, 11) is 0. The van der Waals surface area contributed by atoms with Gasteiger partial charge in [-0.2, -0.15) is 10.5 Å². The van der Waals surface area contributed by atoms with Gasteiger partial charge in [-0.15, -0.1) is 0 Å². The van der Waals surface area contributed by atoms with Crippen molar-refractivity contribution in [1.29, 1.82) is 10.5 Å². The van der Waals surface area contributed by atoms with Gasteiger partial charge in [0.15, 0.2) is 0 Å². The molecule has 1 saturated heterocycles. The van der Waals surface area contributed by atoms with Crippen LogP contribution in [0.15, 0.2) is 48.5 Å². The third-order valence-corrected chi connectivity index (χ3v) is 5.33. The van der Waals surface area contributed by atoms with Crippen molar-refractivity contribution in [2.45, 2.75) is 30.8 Å². The molecule has 1 aliphatic heterocycles. The molecule has 2 aromatic rings. The molecule has 1 atom stereocenters. The highest BCUT2D eigenvalue weighted by atomic mass is 16.5. The predicted octanol–water partition coefficient (Wildman–Crippen LogP) is 2.59. The molecule has 3 rings (SSSR count). The first-order chi connectivity index (χ1) is 15.0. The molecule has 0 radical (unpaired) electrons. The van der Waals surface area contributed by atoms with Crippen LogP contribution in [0.2, 0.25) is 0 Å². The third-order valence-electron chi connectivity index (χ3n) is 5.33. The molecule has 0 bridgehead atoms. The second-order valence-electron chi connectivity index (χ2n) is 7.37. The number of hydrogen-bond acceptors (Lipinski definition) is 5. The van der Waals surface area contributed by atoms with Gasteiger partial charge < -0.3 is 20.5 Å². The van der Waals surface area contributed by atoms with Crippen LogP contribution in [0.25, 0.3) is 11.1 Å². The van der Waals surface area contributed by atoms with Crippen LogP contribution in [0, 0.1) is 22.7 Å². The molecule has 0 spiro atoms. The van der Waals surface area contributed by atoms with Crippen molar-refractivity contribution in [2.24, 2.45) is 0 Å². The van der Waals surface area contributed by atoms with E-state index >= 15 is 0 Å². The van der Waals surface area contributed by atoms with E-state index in [9.17, 15) is 14.9 Å². The second-order valence-corrected chi connectivity index (χ2v) is 7.37. The third kappa shape index (κ3) is 5.39. The van der Waals surface area contributed by atoms with E-state index in [0.717, 1.165) is 16.7 Å². The van der Waals surface area contributed by atoms with E-state index < -0.39 is 23.6 Å². The van der Waals surface area contributed by atoms with E-state index in [2.05, 4.69) is 22.8 Å². The van der Waals surface area contributed by atoms with Crippen LogP contribution >= 0.6 is 0 Å². The van der Waals surface area contributed by atoms with E-state index in [1.807, 2.05) is 36.4 Å². The Labute approximate surface area is 180 Å². The summed E-state index contributed by atoms with van der Waals surface area (Å²) in [6.07, 6.45) is -0.579. The highest BCUT2D eigenvalue weighted by molar-refractivity contribution is 5.90. The molecule has 3 N–H and O–H groups in total. The Balaban J connectivity index is 1.67. The van der Waals surface area contributed by atoms with Crippen molar-refractivity contribution < 1.29 is 19.4 Å². The Bertz CT molecular complexity index is 1010. The topological polar surface area (TPSA) is 135 Å². The van der Waals surface area contributed by atoms with Crippen molar-refractivity contribution in [3.8, 4) is 23.3 Å². The molecular weight excluding hydrogens is 396 g/mol. The summed E-state index contributed by atoms with van der Waals surface area (Å²) in [5, 5.41) is 32.6. The van der Waals surface area contributed by atoms with Gasteiger partial charge in [-0.25, -0.2) is 4.79 Å². The number of hydrogen-bond donors (Lipinski definition) is 3. The SMILES string of the molecule is N#Cc1ccc(-c2ccc(CC(C#N)NC(=O)C3(NC(=O)O)CCOCC3)cc2)cc1. The van der Waals surface area contributed by atoms with Gasteiger partial charge in [-0.05, 0) is 28.8 Å². The molecule has 8 heteroatoms. The van der Waals surface area contributed by atoms with Gasteiger partial charge in [0.25, 0.3) is 0 Å². The molecule has 2 amide bonds. The maximum absolute atomic E-state index is 12.8. The molecule has 2 aromatic carbocycles. The monoisotopic (exact) mass is 418 g/mol. The fourth-order valence-corrected chi connectivity index (χ4v) is 3.56. The summed E-state index contributed by atoms with van der Waals surface area (Å²) < 4.78 is 5.25. The Morgan fingerprint density at radius 2 is 1.61 bits per heavy atom. The largest absolute Gasteiger partial charge is 0.465 e. The lowest BCUT2D eigenvalue weighted by Gasteiger charge is -2.36. The average Bonchev–Trinajstić information content (AvgIpc) is 2.79. The maximum Gasteiger partial charge on any atom is 0.405 e. The average molecular weight is 418 g/mol. The fourth-order valence-electron chi connectivity index (χ4n) is 3.56. The van der Waals surface area contributed by atoms with Crippen LogP contribution in [0.3, 0.4) is 0 Å². The van der Waals surface area contributed by atoms with E-state index in [0.29, 0.717) is 5.56 Å². The zero-order chi connectivity index (χ0) is 22.3. The zero-order valence-corrected chi connectivity index (χ0v) is 16.8. The molecule has 1 fully saturated rings.